The zero-order valence-corrected chi connectivity index (χ0v) is 11.6. The Morgan fingerprint density at radius 3 is 2.67 bits per heavy atom. The van der Waals surface area contributed by atoms with Crippen LogP contribution in [0.15, 0.2) is 0 Å². The highest BCUT2D eigenvalue weighted by Gasteiger charge is 2.52. The van der Waals surface area contributed by atoms with Crippen LogP contribution in [0, 0.1) is 0 Å². The molecule has 0 bridgehead atoms. The molecule has 2 unspecified atom stereocenters. The van der Waals surface area contributed by atoms with Crippen LogP contribution in [-0.4, -0.2) is 53.6 Å². The molecule has 4 heteroatoms. The number of carbonyl (C=O) groups excluding carboxylic acids is 1. The summed E-state index contributed by atoms with van der Waals surface area (Å²) in [5.41, 5.74) is -0.199. The van der Waals surface area contributed by atoms with Crippen LogP contribution in [0.3, 0.4) is 0 Å². The van der Waals surface area contributed by atoms with Gasteiger partial charge in [0.15, 0.2) is 0 Å². The van der Waals surface area contributed by atoms with E-state index in [0.717, 1.165) is 25.8 Å². The summed E-state index contributed by atoms with van der Waals surface area (Å²) in [6.45, 7) is 4.36. The second-order valence-corrected chi connectivity index (χ2v) is 6.38. The van der Waals surface area contributed by atoms with Gasteiger partial charge in [0.2, 0.25) is 5.91 Å². The Kier molecular flexibility index (Phi) is 3.10. The number of hydrogen-bond donors (Lipinski definition) is 1. The van der Waals surface area contributed by atoms with E-state index in [0.29, 0.717) is 11.9 Å². The number of nitrogens with one attached hydrogen (secondary N) is 1. The van der Waals surface area contributed by atoms with E-state index in [9.17, 15) is 4.79 Å². The van der Waals surface area contributed by atoms with Gasteiger partial charge in [0.1, 0.15) is 0 Å². The molecule has 3 fully saturated rings. The van der Waals surface area contributed by atoms with Crippen molar-refractivity contribution >= 4 is 5.91 Å². The lowest BCUT2D eigenvalue weighted by Gasteiger charge is -2.37. The number of likely N-dealkylation sites (N-methyl/N-ethyl adjacent to an activating group) is 1. The van der Waals surface area contributed by atoms with Gasteiger partial charge < -0.3 is 9.80 Å². The standard InChI is InChI=1S/C14H25N3O/c1-11-15-14(7-3-4-8-14)13(18)17(11)12-6-5-9-16(2)10-12/h11-12,15H,3-10H2,1-2H3. The molecule has 0 aromatic rings. The topological polar surface area (TPSA) is 35.6 Å². The van der Waals surface area contributed by atoms with E-state index in [1.807, 2.05) is 0 Å². The normalized spacial score (nSPS) is 36.8. The minimum atomic E-state index is -0.199. The summed E-state index contributed by atoms with van der Waals surface area (Å²) < 4.78 is 0. The predicted molar refractivity (Wildman–Crippen MR) is 71.2 cm³/mol. The van der Waals surface area contributed by atoms with E-state index in [-0.39, 0.29) is 11.7 Å². The van der Waals surface area contributed by atoms with Crippen molar-refractivity contribution in [3.05, 3.63) is 0 Å². The molecule has 1 amide bonds. The number of likely N-dealkylation sites (tertiary alicyclic amines) is 1. The van der Waals surface area contributed by atoms with Gasteiger partial charge in [-0.1, -0.05) is 12.8 Å². The summed E-state index contributed by atoms with van der Waals surface area (Å²) in [4.78, 5) is 17.3. The van der Waals surface area contributed by atoms with Crippen molar-refractivity contribution in [1.29, 1.82) is 0 Å². The molecule has 1 spiro atoms. The zero-order valence-electron chi connectivity index (χ0n) is 11.6. The molecule has 2 atom stereocenters. The summed E-state index contributed by atoms with van der Waals surface area (Å²) in [5, 5.41) is 3.60. The molecule has 102 valence electrons. The van der Waals surface area contributed by atoms with Gasteiger partial charge in [-0.2, -0.15) is 0 Å². The second-order valence-electron chi connectivity index (χ2n) is 6.38. The summed E-state index contributed by atoms with van der Waals surface area (Å²) >= 11 is 0. The van der Waals surface area contributed by atoms with Crippen molar-refractivity contribution in [2.24, 2.45) is 0 Å². The van der Waals surface area contributed by atoms with Crippen LogP contribution in [0.2, 0.25) is 0 Å². The Morgan fingerprint density at radius 1 is 1.28 bits per heavy atom. The fourth-order valence-electron chi connectivity index (χ4n) is 4.14. The molecular formula is C14H25N3O. The minimum absolute atomic E-state index is 0.199. The van der Waals surface area contributed by atoms with Gasteiger partial charge in [0, 0.05) is 12.6 Å². The Balaban J connectivity index is 1.77. The van der Waals surface area contributed by atoms with E-state index in [1.54, 1.807) is 0 Å². The van der Waals surface area contributed by atoms with Crippen molar-refractivity contribution in [3.8, 4) is 0 Å². The van der Waals surface area contributed by atoms with Crippen LogP contribution in [0.4, 0.5) is 0 Å². The van der Waals surface area contributed by atoms with Crippen LogP contribution in [0.25, 0.3) is 0 Å². The van der Waals surface area contributed by atoms with E-state index < -0.39 is 0 Å². The number of piperidine rings is 1. The molecule has 0 aromatic heterocycles. The van der Waals surface area contributed by atoms with Gasteiger partial charge >= 0.3 is 0 Å². The maximum Gasteiger partial charge on any atom is 0.244 e. The maximum absolute atomic E-state index is 12.8. The zero-order chi connectivity index (χ0) is 12.8. The molecule has 1 aliphatic carbocycles. The average molecular weight is 251 g/mol. The monoisotopic (exact) mass is 251 g/mol. The Bertz CT molecular complexity index is 338. The third-order valence-electron chi connectivity index (χ3n) is 5.00. The Hall–Kier alpha value is -0.610. The van der Waals surface area contributed by atoms with Crippen LogP contribution in [-0.2, 0) is 4.79 Å². The first-order chi connectivity index (χ1) is 8.62. The fourth-order valence-corrected chi connectivity index (χ4v) is 4.14. The first kappa shape index (κ1) is 12.4. The molecule has 18 heavy (non-hydrogen) atoms. The number of hydrogen-bond acceptors (Lipinski definition) is 3. The van der Waals surface area contributed by atoms with Gasteiger partial charge in [-0.05, 0) is 46.2 Å². The molecular weight excluding hydrogens is 226 g/mol. The smallest absolute Gasteiger partial charge is 0.244 e. The van der Waals surface area contributed by atoms with Crippen molar-refractivity contribution in [2.75, 3.05) is 20.1 Å². The average Bonchev–Trinajstić information content (AvgIpc) is 2.87. The van der Waals surface area contributed by atoms with E-state index in [2.05, 4.69) is 29.1 Å². The highest BCUT2D eigenvalue weighted by molar-refractivity contribution is 5.89. The highest BCUT2D eigenvalue weighted by atomic mass is 16.2. The largest absolute Gasteiger partial charge is 0.322 e. The molecule has 2 heterocycles. The van der Waals surface area contributed by atoms with Crippen LogP contribution < -0.4 is 5.32 Å². The van der Waals surface area contributed by atoms with E-state index in [1.165, 1.54) is 25.8 Å². The third kappa shape index (κ3) is 1.86. The summed E-state index contributed by atoms with van der Waals surface area (Å²) in [6.07, 6.45) is 7.06. The van der Waals surface area contributed by atoms with Gasteiger partial charge in [-0.15, -0.1) is 0 Å². The molecule has 1 N–H and O–H groups in total. The Labute approximate surface area is 110 Å². The summed E-state index contributed by atoms with van der Waals surface area (Å²) in [5.74, 6) is 0.382. The van der Waals surface area contributed by atoms with Gasteiger partial charge in [0.25, 0.3) is 0 Å². The first-order valence-corrected chi connectivity index (χ1v) is 7.41. The van der Waals surface area contributed by atoms with Crippen molar-refractivity contribution in [2.45, 2.75) is 63.2 Å². The fraction of sp³-hybridized carbons (Fsp3) is 0.929. The number of rotatable bonds is 1. The van der Waals surface area contributed by atoms with Crippen LogP contribution in [0.1, 0.15) is 45.4 Å². The molecule has 1 saturated carbocycles. The molecule has 2 aliphatic heterocycles. The van der Waals surface area contributed by atoms with Gasteiger partial charge in [-0.25, -0.2) is 0 Å². The van der Waals surface area contributed by atoms with Gasteiger partial charge in [0.05, 0.1) is 11.7 Å². The lowest BCUT2D eigenvalue weighted by Crippen LogP contribution is -2.51. The van der Waals surface area contributed by atoms with Crippen molar-refractivity contribution in [3.63, 3.8) is 0 Å². The maximum atomic E-state index is 12.8. The molecule has 2 saturated heterocycles. The minimum Gasteiger partial charge on any atom is -0.322 e. The lowest BCUT2D eigenvalue weighted by molar-refractivity contribution is -0.136. The first-order valence-electron chi connectivity index (χ1n) is 7.41. The highest BCUT2D eigenvalue weighted by Crippen LogP contribution is 2.37. The Morgan fingerprint density at radius 2 is 2.00 bits per heavy atom. The predicted octanol–water partition coefficient (Wildman–Crippen LogP) is 1.17. The molecule has 3 rings (SSSR count). The van der Waals surface area contributed by atoms with E-state index >= 15 is 0 Å². The van der Waals surface area contributed by atoms with Crippen LogP contribution in [0.5, 0.6) is 0 Å². The molecule has 0 aromatic carbocycles. The number of carbonyl (C=O) groups is 1. The van der Waals surface area contributed by atoms with Gasteiger partial charge in [-0.3, -0.25) is 10.1 Å². The molecule has 3 aliphatic rings. The molecule has 4 nitrogen and oxygen atoms in total. The summed E-state index contributed by atoms with van der Waals surface area (Å²) in [7, 11) is 2.16. The second kappa shape index (κ2) is 4.49. The van der Waals surface area contributed by atoms with E-state index in [4.69, 9.17) is 0 Å². The SMILES string of the molecule is CC1NC2(CCCC2)C(=O)N1C1CCCN(C)C1. The van der Waals surface area contributed by atoms with Crippen LogP contribution >= 0.6 is 0 Å². The number of amides is 1. The molecule has 0 radical (unpaired) electrons. The van der Waals surface area contributed by atoms with Crippen molar-refractivity contribution < 1.29 is 4.79 Å². The van der Waals surface area contributed by atoms with Crippen molar-refractivity contribution in [1.82, 2.24) is 15.1 Å². The quantitative estimate of drug-likeness (QED) is 0.760. The number of nitrogens with zero attached hydrogens (tertiary/aromatic N) is 2. The third-order valence-corrected chi connectivity index (χ3v) is 5.00. The summed E-state index contributed by atoms with van der Waals surface area (Å²) in [6, 6.07) is 0.415. The lowest BCUT2D eigenvalue weighted by atomic mass is 9.96.